The maximum absolute atomic E-state index is 11.8. The molecule has 2 rings (SSSR count). The van der Waals surface area contributed by atoms with Gasteiger partial charge in [0.15, 0.2) is 0 Å². The molecule has 1 unspecified atom stereocenters. The van der Waals surface area contributed by atoms with Gasteiger partial charge in [0.05, 0.1) is 0 Å². The average Bonchev–Trinajstić information content (AvgIpc) is 2.58. The van der Waals surface area contributed by atoms with E-state index in [2.05, 4.69) is 4.98 Å². The van der Waals surface area contributed by atoms with Crippen LogP contribution in [0.1, 0.15) is 12.1 Å². The van der Waals surface area contributed by atoms with Crippen molar-refractivity contribution in [2.45, 2.75) is 18.6 Å². The number of sulfonamides is 1. The third kappa shape index (κ3) is 2.63. The molecule has 0 aromatic carbocycles. The molecule has 1 fully saturated rings. The van der Waals surface area contributed by atoms with Gasteiger partial charge in [0, 0.05) is 24.3 Å². The summed E-state index contributed by atoms with van der Waals surface area (Å²) < 4.78 is 22.5. The predicted octanol–water partition coefficient (Wildman–Crippen LogP) is 0.437. The molecule has 0 radical (unpaired) electrons. The Morgan fingerprint density at radius 2 is 2.17 bits per heavy atom. The van der Waals surface area contributed by atoms with Crippen molar-refractivity contribution in [3.05, 3.63) is 23.0 Å². The molecular formula is C10H12ClN3O3S. The van der Waals surface area contributed by atoms with E-state index in [0.717, 1.165) is 0 Å². The molecule has 8 heteroatoms. The number of aromatic nitrogens is 1. The number of hydrogen-bond donors (Lipinski definition) is 1. The third-order valence-electron chi connectivity index (χ3n) is 2.77. The van der Waals surface area contributed by atoms with Crippen LogP contribution in [0.4, 0.5) is 5.69 Å². The maximum atomic E-state index is 11.8. The Bertz CT molecular complexity index is 582. The number of anilines is 1. The summed E-state index contributed by atoms with van der Waals surface area (Å²) in [5, 5.41) is 4.46. The Morgan fingerprint density at radius 3 is 2.67 bits per heavy atom. The normalized spacial score (nSPS) is 20.5. The number of amides is 1. The van der Waals surface area contributed by atoms with Crippen LogP contribution in [0.3, 0.4) is 0 Å². The Morgan fingerprint density at radius 1 is 1.50 bits per heavy atom. The van der Waals surface area contributed by atoms with E-state index < -0.39 is 15.3 Å². The minimum absolute atomic E-state index is 0.0530. The van der Waals surface area contributed by atoms with Crippen LogP contribution in [-0.2, 0) is 14.8 Å². The lowest BCUT2D eigenvalue weighted by Gasteiger charge is -2.16. The summed E-state index contributed by atoms with van der Waals surface area (Å²) in [6, 6.07) is 3.20. The number of rotatable bonds is 2. The number of carbonyl (C=O) groups excluding carboxylic acids is 1. The highest BCUT2D eigenvalue weighted by atomic mass is 35.5. The topological polar surface area (TPSA) is 93.4 Å². The Hall–Kier alpha value is -1.18. The molecule has 1 amide bonds. The zero-order chi connectivity index (χ0) is 13.5. The maximum Gasteiger partial charge on any atom is 0.228 e. The van der Waals surface area contributed by atoms with Crippen LogP contribution in [-0.4, -0.2) is 31.1 Å². The summed E-state index contributed by atoms with van der Waals surface area (Å²) >= 11 is 5.81. The molecule has 18 heavy (non-hydrogen) atoms. The van der Waals surface area contributed by atoms with E-state index in [1.165, 1.54) is 11.0 Å². The summed E-state index contributed by atoms with van der Waals surface area (Å²) in [6.45, 7) is 1.80. The van der Waals surface area contributed by atoms with E-state index in [0.29, 0.717) is 11.4 Å². The van der Waals surface area contributed by atoms with Crippen LogP contribution in [0, 0.1) is 6.92 Å². The first-order valence-corrected chi connectivity index (χ1v) is 7.22. The Kier molecular flexibility index (Phi) is 3.31. The lowest BCUT2D eigenvalue weighted by atomic mass is 10.3. The molecular weight excluding hydrogens is 278 g/mol. The standard InChI is InChI=1S/C10H12ClN3O3S/c1-6-2-7(3-9(11)13-6)14-5-8(4-10(14)15)18(12,16)17/h2-3,8H,4-5H2,1H3,(H2,12,16,17). The first kappa shape index (κ1) is 13.3. The van der Waals surface area contributed by atoms with E-state index in [-0.39, 0.29) is 24.0 Å². The number of aryl methyl sites for hydroxylation is 1. The van der Waals surface area contributed by atoms with E-state index in [1.54, 1.807) is 13.0 Å². The summed E-state index contributed by atoms with van der Waals surface area (Å²) in [5.74, 6) is -0.282. The molecule has 2 heterocycles. The molecule has 0 spiro atoms. The van der Waals surface area contributed by atoms with Gasteiger partial charge in [-0.3, -0.25) is 4.79 Å². The summed E-state index contributed by atoms with van der Waals surface area (Å²) in [7, 11) is -3.71. The van der Waals surface area contributed by atoms with Crippen molar-refractivity contribution in [3.8, 4) is 0 Å². The number of hydrogen-bond acceptors (Lipinski definition) is 4. The van der Waals surface area contributed by atoms with Crippen molar-refractivity contribution in [1.82, 2.24) is 4.98 Å². The Labute approximate surface area is 110 Å². The molecule has 1 aliphatic heterocycles. The number of pyridine rings is 1. The lowest BCUT2D eigenvalue weighted by molar-refractivity contribution is -0.117. The van der Waals surface area contributed by atoms with E-state index in [4.69, 9.17) is 16.7 Å². The molecule has 0 aliphatic carbocycles. The second kappa shape index (κ2) is 4.49. The Balaban J connectivity index is 2.32. The SMILES string of the molecule is Cc1cc(N2CC(S(N)(=O)=O)CC2=O)cc(Cl)n1. The zero-order valence-electron chi connectivity index (χ0n) is 9.63. The van der Waals surface area contributed by atoms with Gasteiger partial charge < -0.3 is 4.90 Å². The van der Waals surface area contributed by atoms with Gasteiger partial charge in [0.25, 0.3) is 0 Å². The van der Waals surface area contributed by atoms with E-state index in [9.17, 15) is 13.2 Å². The molecule has 1 atom stereocenters. The second-order valence-corrected chi connectivity index (χ2v) is 6.44. The quantitative estimate of drug-likeness (QED) is 0.799. The van der Waals surface area contributed by atoms with Crippen molar-refractivity contribution in [3.63, 3.8) is 0 Å². The van der Waals surface area contributed by atoms with Crippen molar-refractivity contribution < 1.29 is 13.2 Å². The molecule has 1 aromatic rings. The van der Waals surface area contributed by atoms with Gasteiger partial charge in [-0.25, -0.2) is 18.5 Å². The third-order valence-corrected chi connectivity index (χ3v) is 4.21. The highest BCUT2D eigenvalue weighted by Gasteiger charge is 2.37. The van der Waals surface area contributed by atoms with Crippen LogP contribution < -0.4 is 10.0 Å². The summed E-state index contributed by atoms with van der Waals surface area (Å²) in [5.41, 5.74) is 1.20. The number of halogens is 1. The lowest BCUT2D eigenvalue weighted by Crippen LogP contribution is -2.32. The van der Waals surface area contributed by atoms with Gasteiger partial charge in [0.2, 0.25) is 15.9 Å². The van der Waals surface area contributed by atoms with Crippen LogP contribution in [0.2, 0.25) is 5.15 Å². The van der Waals surface area contributed by atoms with Crippen molar-refractivity contribution >= 4 is 33.2 Å². The average molecular weight is 290 g/mol. The van der Waals surface area contributed by atoms with Crippen molar-refractivity contribution in [2.24, 2.45) is 5.14 Å². The van der Waals surface area contributed by atoms with E-state index >= 15 is 0 Å². The molecule has 0 saturated carbocycles. The minimum Gasteiger partial charge on any atom is -0.311 e. The number of carbonyl (C=O) groups is 1. The fourth-order valence-electron chi connectivity index (χ4n) is 1.91. The van der Waals surface area contributed by atoms with Crippen LogP contribution in [0.15, 0.2) is 12.1 Å². The van der Waals surface area contributed by atoms with E-state index in [1.807, 2.05) is 0 Å². The number of primary sulfonamides is 1. The molecule has 98 valence electrons. The van der Waals surface area contributed by atoms with Gasteiger partial charge in [-0.2, -0.15) is 0 Å². The molecule has 1 saturated heterocycles. The second-order valence-electron chi connectivity index (χ2n) is 4.21. The molecule has 1 aliphatic rings. The van der Waals surface area contributed by atoms with Crippen molar-refractivity contribution in [1.29, 1.82) is 0 Å². The van der Waals surface area contributed by atoms with Gasteiger partial charge in [0.1, 0.15) is 10.4 Å². The summed E-state index contributed by atoms with van der Waals surface area (Å²) in [6.07, 6.45) is -0.0994. The number of nitrogens with zero attached hydrogens (tertiary/aromatic N) is 2. The highest BCUT2D eigenvalue weighted by molar-refractivity contribution is 7.89. The van der Waals surface area contributed by atoms with Crippen LogP contribution >= 0.6 is 11.6 Å². The fourth-order valence-corrected chi connectivity index (χ4v) is 2.89. The van der Waals surface area contributed by atoms with Gasteiger partial charge in [-0.1, -0.05) is 11.6 Å². The first-order chi connectivity index (χ1) is 8.27. The summed E-state index contributed by atoms with van der Waals surface area (Å²) in [4.78, 5) is 17.2. The van der Waals surface area contributed by atoms with Crippen LogP contribution in [0.5, 0.6) is 0 Å². The molecule has 1 aromatic heterocycles. The zero-order valence-corrected chi connectivity index (χ0v) is 11.2. The van der Waals surface area contributed by atoms with Gasteiger partial charge in [-0.15, -0.1) is 0 Å². The van der Waals surface area contributed by atoms with Crippen molar-refractivity contribution in [2.75, 3.05) is 11.4 Å². The molecule has 0 bridgehead atoms. The monoisotopic (exact) mass is 289 g/mol. The minimum atomic E-state index is -3.71. The fraction of sp³-hybridized carbons (Fsp3) is 0.400. The van der Waals surface area contributed by atoms with Gasteiger partial charge >= 0.3 is 0 Å². The predicted molar refractivity (Wildman–Crippen MR) is 67.8 cm³/mol. The van der Waals surface area contributed by atoms with Crippen LogP contribution in [0.25, 0.3) is 0 Å². The molecule has 2 N–H and O–H groups in total. The van der Waals surface area contributed by atoms with Gasteiger partial charge in [-0.05, 0) is 19.1 Å². The highest BCUT2D eigenvalue weighted by Crippen LogP contribution is 2.26. The smallest absolute Gasteiger partial charge is 0.228 e. The largest absolute Gasteiger partial charge is 0.311 e. The first-order valence-electron chi connectivity index (χ1n) is 5.23. The number of nitrogens with two attached hydrogens (primary N) is 1. The molecule has 6 nitrogen and oxygen atoms in total.